The molecule has 2 fully saturated rings. The Labute approximate surface area is 99.5 Å². The van der Waals surface area contributed by atoms with Gasteiger partial charge in [-0.25, -0.2) is 4.98 Å². The Morgan fingerprint density at radius 3 is 2.38 bits per heavy atom. The van der Waals surface area contributed by atoms with Gasteiger partial charge in [0.1, 0.15) is 0 Å². The van der Waals surface area contributed by atoms with Crippen molar-refractivity contribution in [1.82, 2.24) is 4.98 Å². The maximum atomic E-state index is 10.7. The highest BCUT2D eigenvalue weighted by Gasteiger charge is 2.30. The fourth-order valence-corrected chi connectivity index (χ4v) is 2.68. The molecule has 0 unspecified atom stereocenters. The van der Waals surface area contributed by atoms with E-state index in [1.165, 1.54) is 37.0 Å². The lowest BCUT2D eigenvalue weighted by Crippen LogP contribution is -2.27. The summed E-state index contributed by atoms with van der Waals surface area (Å²) in [6, 6.07) is 0. The van der Waals surface area contributed by atoms with Gasteiger partial charge in [-0.2, -0.15) is 0 Å². The second kappa shape index (κ2) is 4.17. The average Bonchev–Trinajstić information content (AvgIpc) is 3.21. The largest absolute Gasteiger partial charge is 0.348 e. The Bertz CT molecular complexity index is 368. The van der Waals surface area contributed by atoms with Crippen LogP contribution in [0.15, 0.2) is 6.20 Å². The van der Waals surface area contributed by atoms with Crippen molar-refractivity contribution in [3.05, 3.63) is 11.1 Å². The molecule has 4 heteroatoms. The molecule has 3 rings (SSSR count). The summed E-state index contributed by atoms with van der Waals surface area (Å²) >= 11 is 1.53. The summed E-state index contributed by atoms with van der Waals surface area (Å²) in [7, 11) is 0. The van der Waals surface area contributed by atoms with E-state index in [2.05, 4.69) is 9.88 Å². The minimum atomic E-state index is 0.742. The number of hydrogen-bond acceptors (Lipinski definition) is 4. The summed E-state index contributed by atoms with van der Waals surface area (Å²) < 4.78 is 0. The van der Waals surface area contributed by atoms with E-state index >= 15 is 0 Å². The first-order valence-corrected chi connectivity index (χ1v) is 6.83. The number of anilines is 1. The van der Waals surface area contributed by atoms with Crippen LogP contribution in [-0.4, -0.2) is 24.4 Å². The predicted molar refractivity (Wildman–Crippen MR) is 65.2 cm³/mol. The Morgan fingerprint density at radius 1 is 1.31 bits per heavy atom. The maximum Gasteiger partial charge on any atom is 0.185 e. The van der Waals surface area contributed by atoms with Gasteiger partial charge in [0.2, 0.25) is 0 Å². The third-order valence-electron chi connectivity index (χ3n) is 3.25. The fraction of sp³-hybridized carbons (Fsp3) is 0.667. The molecule has 0 N–H and O–H groups in total. The predicted octanol–water partition coefficient (Wildman–Crippen LogP) is 2.58. The Kier molecular flexibility index (Phi) is 2.67. The molecular formula is C12H16N2OS. The summed E-state index contributed by atoms with van der Waals surface area (Å²) in [5, 5.41) is 1.04. The first-order chi connectivity index (χ1) is 7.85. The molecule has 0 aliphatic heterocycles. The van der Waals surface area contributed by atoms with E-state index < -0.39 is 0 Å². The number of aldehydes is 1. The molecule has 16 heavy (non-hydrogen) atoms. The van der Waals surface area contributed by atoms with E-state index in [0.29, 0.717) is 0 Å². The SMILES string of the molecule is O=Cc1cnc(N(CC2CC2)CC2CC2)s1. The van der Waals surface area contributed by atoms with E-state index in [0.717, 1.165) is 41.2 Å². The lowest BCUT2D eigenvalue weighted by molar-refractivity contribution is 0.112. The number of carbonyl (C=O) groups excluding carboxylic acids is 1. The normalized spacial score (nSPS) is 19.8. The molecule has 2 aliphatic carbocycles. The number of carbonyl (C=O) groups is 1. The molecule has 0 bridgehead atoms. The zero-order chi connectivity index (χ0) is 11.0. The van der Waals surface area contributed by atoms with Crippen LogP contribution in [0.2, 0.25) is 0 Å². The van der Waals surface area contributed by atoms with Gasteiger partial charge < -0.3 is 4.90 Å². The zero-order valence-electron chi connectivity index (χ0n) is 9.26. The third-order valence-corrected chi connectivity index (χ3v) is 4.23. The molecule has 1 aromatic heterocycles. The van der Waals surface area contributed by atoms with Gasteiger partial charge in [-0.1, -0.05) is 11.3 Å². The summed E-state index contributed by atoms with van der Waals surface area (Å²) in [6.45, 7) is 2.28. The van der Waals surface area contributed by atoms with Gasteiger partial charge in [0.15, 0.2) is 11.4 Å². The molecule has 0 amide bonds. The molecule has 0 spiro atoms. The fourth-order valence-electron chi connectivity index (χ4n) is 1.93. The lowest BCUT2D eigenvalue weighted by Gasteiger charge is -2.21. The third kappa shape index (κ3) is 2.43. The van der Waals surface area contributed by atoms with E-state index in [-0.39, 0.29) is 0 Å². The second-order valence-corrected chi connectivity index (χ2v) is 6.00. The van der Waals surface area contributed by atoms with Gasteiger partial charge in [0, 0.05) is 13.1 Å². The number of rotatable bonds is 6. The van der Waals surface area contributed by atoms with Crippen LogP contribution in [0.1, 0.15) is 35.4 Å². The van der Waals surface area contributed by atoms with Gasteiger partial charge in [0.05, 0.1) is 11.1 Å². The standard InChI is InChI=1S/C12H16N2OS/c15-8-11-5-13-12(16-11)14(6-9-1-2-9)7-10-3-4-10/h5,8-10H,1-4,6-7H2. The van der Waals surface area contributed by atoms with Gasteiger partial charge >= 0.3 is 0 Å². The molecule has 0 atom stereocenters. The topological polar surface area (TPSA) is 33.2 Å². The van der Waals surface area contributed by atoms with Crippen molar-refractivity contribution in [2.45, 2.75) is 25.7 Å². The quantitative estimate of drug-likeness (QED) is 0.712. The number of hydrogen-bond donors (Lipinski definition) is 0. The van der Waals surface area contributed by atoms with Crippen LogP contribution in [0.25, 0.3) is 0 Å². The van der Waals surface area contributed by atoms with Gasteiger partial charge in [0.25, 0.3) is 0 Å². The number of aromatic nitrogens is 1. The van der Waals surface area contributed by atoms with Crippen LogP contribution in [0.4, 0.5) is 5.13 Å². The van der Waals surface area contributed by atoms with E-state index in [4.69, 9.17) is 0 Å². The van der Waals surface area contributed by atoms with Gasteiger partial charge in [-0.3, -0.25) is 4.79 Å². The summed E-state index contributed by atoms with van der Waals surface area (Å²) in [5.41, 5.74) is 0. The molecule has 0 saturated heterocycles. The van der Waals surface area contributed by atoms with Gasteiger partial charge in [-0.15, -0.1) is 0 Å². The molecule has 2 saturated carbocycles. The first-order valence-electron chi connectivity index (χ1n) is 6.01. The molecule has 2 aliphatic rings. The highest BCUT2D eigenvalue weighted by molar-refractivity contribution is 7.17. The molecule has 0 radical (unpaired) electrons. The molecule has 0 aromatic carbocycles. The van der Waals surface area contributed by atoms with Crippen molar-refractivity contribution >= 4 is 22.8 Å². The molecule has 1 heterocycles. The van der Waals surface area contributed by atoms with Crippen LogP contribution in [-0.2, 0) is 0 Å². The Morgan fingerprint density at radius 2 is 1.94 bits per heavy atom. The van der Waals surface area contributed by atoms with Crippen LogP contribution < -0.4 is 4.90 Å². The van der Waals surface area contributed by atoms with E-state index in [1.54, 1.807) is 6.20 Å². The molecular weight excluding hydrogens is 220 g/mol. The monoisotopic (exact) mass is 236 g/mol. The van der Waals surface area contributed by atoms with Gasteiger partial charge in [-0.05, 0) is 37.5 Å². The molecule has 1 aromatic rings. The van der Waals surface area contributed by atoms with Crippen molar-refractivity contribution in [2.75, 3.05) is 18.0 Å². The van der Waals surface area contributed by atoms with Crippen molar-refractivity contribution in [1.29, 1.82) is 0 Å². The lowest BCUT2D eigenvalue weighted by atomic mass is 10.3. The van der Waals surface area contributed by atoms with Crippen LogP contribution >= 0.6 is 11.3 Å². The minimum absolute atomic E-state index is 0.742. The summed E-state index contributed by atoms with van der Waals surface area (Å²) in [4.78, 5) is 18.2. The number of thiazole rings is 1. The van der Waals surface area contributed by atoms with E-state index in [1.807, 2.05) is 0 Å². The molecule has 86 valence electrons. The van der Waals surface area contributed by atoms with Crippen molar-refractivity contribution in [2.24, 2.45) is 11.8 Å². The Hall–Kier alpha value is -0.900. The van der Waals surface area contributed by atoms with E-state index in [9.17, 15) is 4.79 Å². The van der Waals surface area contributed by atoms with Crippen molar-refractivity contribution in [3.63, 3.8) is 0 Å². The minimum Gasteiger partial charge on any atom is -0.348 e. The highest BCUT2D eigenvalue weighted by Crippen LogP contribution is 2.36. The van der Waals surface area contributed by atoms with Crippen LogP contribution in [0.5, 0.6) is 0 Å². The summed E-state index contributed by atoms with van der Waals surface area (Å²) in [5.74, 6) is 1.75. The first kappa shape index (κ1) is 10.3. The van der Waals surface area contributed by atoms with Crippen LogP contribution in [0.3, 0.4) is 0 Å². The number of nitrogens with zero attached hydrogens (tertiary/aromatic N) is 2. The van der Waals surface area contributed by atoms with Crippen molar-refractivity contribution < 1.29 is 4.79 Å². The average molecular weight is 236 g/mol. The van der Waals surface area contributed by atoms with Crippen molar-refractivity contribution in [3.8, 4) is 0 Å². The molecule has 3 nitrogen and oxygen atoms in total. The zero-order valence-corrected chi connectivity index (χ0v) is 10.1. The maximum absolute atomic E-state index is 10.7. The van der Waals surface area contributed by atoms with Crippen LogP contribution in [0, 0.1) is 11.8 Å². The second-order valence-electron chi connectivity index (χ2n) is 4.95. The summed E-state index contributed by atoms with van der Waals surface area (Å²) in [6.07, 6.45) is 8.06. The Balaban J connectivity index is 1.70. The smallest absolute Gasteiger partial charge is 0.185 e. The highest BCUT2D eigenvalue weighted by atomic mass is 32.1.